The second-order valence-electron chi connectivity index (χ2n) is 7.91. The fourth-order valence-corrected chi connectivity index (χ4v) is 4.90. The average Bonchev–Trinajstić information content (AvgIpc) is 3.13. The predicted octanol–water partition coefficient (Wildman–Crippen LogP) is 6.89. The Morgan fingerprint density at radius 2 is 1.67 bits per heavy atom. The van der Waals surface area contributed by atoms with E-state index in [0.29, 0.717) is 21.5 Å². The molecule has 3 aromatic carbocycles. The highest BCUT2D eigenvalue weighted by Gasteiger charge is 2.34. The van der Waals surface area contributed by atoms with Crippen molar-refractivity contribution in [3.05, 3.63) is 92.9 Å². The summed E-state index contributed by atoms with van der Waals surface area (Å²) in [6.07, 6.45) is -0.0693. The van der Waals surface area contributed by atoms with Crippen LogP contribution in [-0.2, 0) is 9.53 Å². The van der Waals surface area contributed by atoms with E-state index in [4.69, 9.17) is 16.3 Å². The van der Waals surface area contributed by atoms with Gasteiger partial charge >= 0.3 is 12.1 Å². The van der Waals surface area contributed by atoms with Crippen molar-refractivity contribution in [3.8, 4) is 11.1 Å². The van der Waals surface area contributed by atoms with Crippen molar-refractivity contribution in [1.29, 1.82) is 0 Å². The first-order valence-electron chi connectivity index (χ1n) is 10.7. The van der Waals surface area contributed by atoms with E-state index in [1.165, 1.54) is 4.90 Å². The standard InChI is InChI=1S/C26H23BrClNO4/c1-2-13-29(24(25(30)31)16-11-12-23(28)22(27)14-16)26(32)33-15-21-19-9-5-3-7-17(19)18-8-4-6-10-20(18)21/h3-12,14,21,24H,2,13,15H2,1H3,(H,30,31). The van der Waals surface area contributed by atoms with E-state index in [1.54, 1.807) is 18.2 Å². The summed E-state index contributed by atoms with van der Waals surface area (Å²) in [5, 5.41) is 10.4. The van der Waals surface area contributed by atoms with Crippen molar-refractivity contribution >= 4 is 39.6 Å². The molecule has 4 rings (SSSR count). The molecule has 0 fully saturated rings. The van der Waals surface area contributed by atoms with Crippen molar-refractivity contribution in [1.82, 2.24) is 4.90 Å². The molecule has 0 aliphatic heterocycles. The van der Waals surface area contributed by atoms with Gasteiger partial charge in [-0.05, 0) is 62.3 Å². The van der Waals surface area contributed by atoms with Crippen molar-refractivity contribution in [2.75, 3.05) is 13.2 Å². The smallest absolute Gasteiger partial charge is 0.410 e. The third kappa shape index (κ3) is 4.63. The normalized spacial score (nSPS) is 13.2. The van der Waals surface area contributed by atoms with E-state index in [9.17, 15) is 14.7 Å². The van der Waals surface area contributed by atoms with Gasteiger partial charge in [0.2, 0.25) is 0 Å². The summed E-state index contributed by atoms with van der Waals surface area (Å²) in [6, 6.07) is 19.8. The molecular weight excluding hydrogens is 506 g/mol. The van der Waals surface area contributed by atoms with Gasteiger partial charge in [0.25, 0.3) is 0 Å². The molecular formula is C26H23BrClNO4. The summed E-state index contributed by atoms with van der Waals surface area (Å²) in [4.78, 5) is 26.7. The average molecular weight is 529 g/mol. The van der Waals surface area contributed by atoms with Gasteiger partial charge in [0, 0.05) is 16.9 Å². The van der Waals surface area contributed by atoms with Crippen molar-refractivity contribution in [2.45, 2.75) is 25.3 Å². The lowest BCUT2D eigenvalue weighted by Crippen LogP contribution is -2.40. The van der Waals surface area contributed by atoms with Crippen molar-refractivity contribution < 1.29 is 19.4 Å². The number of hydrogen-bond acceptors (Lipinski definition) is 3. The number of hydrogen-bond donors (Lipinski definition) is 1. The Hall–Kier alpha value is -2.83. The lowest BCUT2D eigenvalue weighted by molar-refractivity contribution is -0.143. The molecule has 1 aliphatic rings. The molecule has 1 N–H and O–H groups in total. The Morgan fingerprint density at radius 3 is 2.21 bits per heavy atom. The third-order valence-corrected chi connectivity index (χ3v) is 7.05. The highest BCUT2D eigenvalue weighted by atomic mass is 79.9. The van der Waals surface area contributed by atoms with E-state index < -0.39 is 18.1 Å². The van der Waals surface area contributed by atoms with Crippen LogP contribution in [0.5, 0.6) is 0 Å². The molecule has 1 atom stereocenters. The molecule has 1 amide bonds. The summed E-state index contributed by atoms with van der Waals surface area (Å²) in [5.41, 5.74) is 4.92. The van der Waals surface area contributed by atoms with Gasteiger partial charge < -0.3 is 9.84 Å². The summed E-state index contributed by atoms with van der Waals surface area (Å²) in [6.45, 7) is 2.26. The number of aliphatic carboxylic acids is 1. The molecule has 33 heavy (non-hydrogen) atoms. The molecule has 3 aromatic rings. The maximum absolute atomic E-state index is 13.2. The number of carboxylic acids is 1. The van der Waals surface area contributed by atoms with Crippen LogP contribution in [-0.4, -0.2) is 35.2 Å². The summed E-state index contributed by atoms with van der Waals surface area (Å²) in [7, 11) is 0. The number of amides is 1. The van der Waals surface area contributed by atoms with E-state index in [-0.39, 0.29) is 19.1 Å². The van der Waals surface area contributed by atoms with Crippen LogP contribution < -0.4 is 0 Å². The maximum atomic E-state index is 13.2. The zero-order valence-electron chi connectivity index (χ0n) is 18.0. The first-order chi connectivity index (χ1) is 15.9. The molecule has 7 heteroatoms. The summed E-state index contributed by atoms with van der Waals surface area (Å²) < 4.78 is 6.31. The van der Waals surface area contributed by atoms with E-state index >= 15 is 0 Å². The van der Waals surface area contributed by atoms with Crippen LogP contribution in [0.2, 0.25) is 5.02 Å². The van der Waals surface area contributed by atoms with Gasteiger partial charge in [0.1, 0.15) is 6.61 Å². The second kappa shape index (κ2) is 9.98. The number of nitrogens with zero attached hydrogens (tertiary/aromatic N) is 1. The number of carbonyl (C=O) groups excluding carboxylic acids is 1. The van der Waals surface area contributed by atoms with Crippen molar-refractivity contribution in [2.24, 2.45) is 0 Å². The fourth-order valence-electron chi connectivity index (χ4n) is 4.38. The number of benzene rings is 3. The Morgan fingerprint density at radius 1 is 1.06 bits per heavy atom. The van der Waals surface area contributed by atoms with Crippen LogP contribution in [0.25, 0.3) is 11.1 Å². The number of ether oxygens (including phenoxy) is 1. The number of carbonyl (C=O) groups is 2. The van der Waals surface area contributed by atoms with Crippen LogP contribution in [0.4, 0.5) is 4.79 Å². The number of fused-ring (bicyclic) bond motifs is 3. The predicted molar refractivity (Wildman–Crippen MR) is 132 cm³/mol. The van der Waals surface area contributed by atoms with Gasteiger partial charge in [-0.25, -0.2) is 9.59 Å². The lowest BCUT2D eigenvalue weighted by atomic mass is 9.98. The summed E-state index contributed by atoms with van der Waals surface area (Å²) >= 11 is 9.41. The van der Waals surface area contributed by atoms with Gasteiger partial charge in [0.05, 0.1) is 5.02 Å². The highest BCUT2D eigenvalue weighted by molar-refractivity contribution is 9.10. The quantitative estimate of drug-likeness (QED) is 0.363. The zero-order valence-corrected chi connectivity index (χ0v) is 20.3. The van der Waals surface area contributed by atoms with Crippen molar-refractivity contribution in [3.63, 3.8) is 0 Å². The SMILES string of the molecule is CCCN(C(=O)OCC1c2ccccc2-c2ccccc21)C(C(=O)O)c1ccc(Cl)c(Br)c1. The lowest BCUT2D eigenvalue weighted by Gasteiger charge is -2.29. The van der Waals surface area contributed by atoms with Crippen LogP contribution in [0, 0.1) is 0 Å². The minimum atomic E-state index is -1.19. The Labute approximate surface area is 206 Å². The minimum absolute atomic E-state index is 0.0993. The van der Waals surface area contributed by atoms with Crippen LogP contribution in [0.15, 0.2) is 71.2 Å². The highest BCUT2D eigenvalue weighted by Crippen LogP contribution is 2.44. The van der Waals surface area contributed by atoms with Gasteiger partial charge in [-0.1, -0.05) is 73.1 Å². The van der Waals surface area contributed by atoms with Gasteiger partial charge in [-0.2, -0.15) is 0 Å². The molecule has 0 saturated heterocycles. The Bertz CT molecular complexity index is 1150. The summed E-state index contributed by atoms with van der Waals surface area (Å²) in [5.74, 6) is -1.23. The number of halogens is 2. The fraction of sp³-hybridized carbons (Fsp3) is 0.231. The maximum Gasteiger partial charge on any atom is 0.410 e. The van der Waals surface area contributed by atoms with Gasteiger partial charge in [-0.15, -0.1) is 0 Å². The first kappa shape index (κ1) is 23.3. The molecule has 1 aliphatic carbocycles. The monoisotopic (exact) mass is 527 g/mol. The topological polar surface area (TPSA) is 66.8 Å². The van der Waals surface area contributed by atoms with Crippen LogP contribution in [0.3, 0.4) is 0 Å². The molecule has 170 valence electrons. The van der Waals surface area contributed by atoms with E-state index in [2.05, 4.69) is 28.1 Å². The zero-order chi connectivity index (χ0) is 23.5. The molecule has 0 aromatic heterocycles. The number of rotatable bonds is 7. The number of carboxylic acid groups (broad SMARTS) is 1. The van der Waals surface area contributed by atoms with Gasteiger partial charge in [-0.3, -0.25) is 4.90 Å². The Balaban J connectivity index is 1.59. The molecule has 0 radical (unpaired) electrons. The Kier molecular flexibility index (Phi) is 7.05. The van der Waals surface area contributed by atoms with Crippen LogP contribution in [0.1, 0.15) is 42.0 Å². The third-order valence-electron chi connectivity index (χ3n) is 5.84. The van der Waals surface area contributed by atoms with Crippen LogP contribution >= 0.6 is 27.5 Å². The first-order valence-corrected chi connectivity index (χ1v) is 11.9. The second-order valence-corrected chi connectivity index (χ2v) is 9.17. The minimum Gasteiger partial charge on any atom is -0.479 e. The molecule has 1 unspecified atom stereocenters. The molecule has 0 bridgehead atoms. The molecule has 0 saturated carbocycles. The van der Waals surface area contributed by atoms with E-state index in [0.717, 1.165) is 22.3 Å². The van der Waals surface area contributed by atoms with Gasteiger partial charge in [0.15, 0.2) is 6.04 Å². The molecule has 5 nitrogen and oxygen atoms in total. The largest absolute Gasteiger partial charge is 0.479 e. The molecule has 0 spiro atoms. The van der Waals surface area contributed by atoms with E-state index in [1.807, 2.05) is 43.3 Å². The molecule has 0 heterocycles.